The Morgan fingerprint density at radius 2 is 2.03 bits per heavy atom. The van der Waals surface area contributed by atoms with Crippen LogP contribution in [0.3, 0.4) is 0 Å². The minimum atomic E-state index is -0.568. The lowest BCUT2D eigenvalue weighted by Crippen LogP contribution is -2.39. The van der Waals surface area contributed by atoms with Crippen molar-refractivity contribution in [1.29, 1.82) is 0 Å². The van der Waals surface area contributed by atoms with Gasteiger partial charge in [0.2, 0.25) is 0 Å². The first-order chi connectivity index (χ1) is 15.3. The Bertz CT molecular complexity index is 1380. The van der Waals surface area contributed by atoms with Crippen LogP contribution in [0.25, 0.3) is 6.08 Å². The molecule has 3 aromatic rings. The fourth-order valence-electron chi connectivity index (χ4n) is 3.52. The van der Waals surface area contributed by atoms with E-state index in [1.807, 2.05) is 35.7 Å². The summed E-state index contributed by atoms with van der Waals surface area (Å²) in [6.45, 7) is 3.79. The van der Waals surface area contributed by atoms with E-state index in [1.165, 1.54) is 22.7 Å². The monoisotopic (exact) mass is 596 g/mol. The number of nitrogens with zero attached hydrogens (tertiary/aromatic N) is 2. The van der Waals surface area contributed by atoms with Gasteiger partial charge in [0.15, 0.2) is 4.80 Å². The van der Waals surface area contributed by atoms with Gasteiger partial charge in [0.1, 0.15) is 11.8 Å². The lowest BCUT2D eigenvalue weighted by molar-refractivity contribution is -0.139. The topological polar surface area (TPSA) is 69.9 Å². The zero-order valence-electron chi connectivity index (χ0n) is 17.3. The zero-order valence-corrected chi connectivity index (χ0v) is 22.2. The fraction of sp³-hybridized carbons (Fsp3) is 0.227. The van der Waals surface area contributed by atoms with Gasteiger partial charge in [0, 0.05) is 4.88 Å². The van der Waals surface area contributed by atoms with Gasteiger partial charge < -0.3 is 9.47 Å². The second-order valence-corrected chi connectivity index (χ2v) is 10.5. The second kappa shape index (κ2) is 9.46. The lowest BCUT2D eigenvalue weighted by atomic mass is 10.0. The Hall–Kier alpha value is -2.01. The minimum absolute atomic E-state index is 0.204. The summed E-state index contributed by atoms with van der Waals surface area (Å²) in [5.74, 6) is 0.223. The molecule has 166 valence electrons. The van der Waals surface area contributed by atoms with Crippen molar-refractivity contribution < 1.29 is 14.3 Å². The summed E-state index contributed by atoms with van der Waals surface area (Å²) >= 11 is 9.78. The molecule has 1 aromatic carbocycles. The number of fused-ring (bicyclic) bond motifs is 1. The Morgan fingerprint density at radius 3 is 2.62 bits per heavy atom. The summed E-state index contributed by atoms with van der Waals surface area (Å²) < 4.78 is 14.3. The fourth-order valence-corrected chi connectivity index (χ4v) is 6.93. The van der Waals surface area contributed by atoms with E-state index in [2.05, 4.69) is 36.9 Å². The zero-order chi connectivity index (χ0) is 23.0. The van der Waals surface area contributed by atoms with Gasteiger partial charge in [-0.15, -0.1) is 11.3 Å². The molecule has 0 saturated carbocycles. The summed E-state index contributed by atoms with van der Waals surface area (Å²) in [6.07, 6.45) is 1.81. The number of ether oxygens (including phenoxy) is 2. The number of allylic oxidation sites excluding steroid dienone is 1. The molecule has 4 rings (SSSR count). The number of aromatic nitrogens is 1. The molecule has 6 nitrogen and oxygen atoms in total. The predicted molar refractivity (Wildman–Crippen MR) is 133 cm³/mol. The number of esters is 1. The van der Waals surface area contributed by atoms with Crippen molar-refractivity contribution in [3.63, 3.8) is 0 Å². The van der Waals surface area contributed by atoms with Crippen molar-refractivity contribution in [1.82, 2.24) is 4.57 Å². The number of carbonyl (C=O) groups is 1. The van der Waals surface area contributed by atoms with Crippen molar-refractivity contribution in [3.05, 3.63) is 80.0 Å². The Kier molecular flexibility index (Phi) is 6.85. The number of benzene rings is 1. The van der Waals surface area contributed by atoms with Gasteiger partial charge in [0.05, 0.1) is 38.5 Å². The van der Waals surface area contributed by atoms with E-state index in [0.717, 1.165) is 19.4 Å². The van der Waals surface area contributed by atoms with Crippen molar-refractivity contribution in [3.8, 4) is 5.75 Å². The molecule has 0 spiro atoms. The highest BCUT2D eigenvalue weighted by atomic mass is 79.9. The van der Waals surface area contributed by atoms with E-state index in [0.29, 0.717) is 26.4 Å². The first-order valence-electron chi connectivity index (χ1n) is 9.61. The van der Waals surface area contributed by atoms with Gasteiger partial charge in [-0.3, -0.25) is 9.36 Å². The molecule has 1 aliphatic heterocycles. The van der Waals surface area contributed by atoms with Crippen molar-refractivity contribution >= 4 is 66.6 Å². The van der Waals surface area contributed by atoms with E-state index in [-0.39, 0.29) is 12.2 Å². The van der Waals surface area contributed by atoms with Gasteiger partial charge in [-0.1, -0.05) is 17.4 Å². The summed E-state index contributed by atoms with van der Waals surface area (Å²) in [5.41, 5.74) is 1.57. The quantitative estimate of drug-likeness (QED) is 0.409. The van der Waals surface area contributed by atoms with Crippen molar-refractivity contribution in [2.75, 3.05) is 13.7 Å². The highest BCUT2D eigenvalue weighted by Gasteiger charge is 2.33. The molecular formula is C22H18Br2N2O4S2. The van der Waals surface area contributed by atoms with Gasteiger partial charge in [0.25, 0.3) is 5.56 Å². The first-order valence-corrected chi connectivity index (χ1v) is 12.9. The van der Waals surface area contributed by atoms with Crippen LogP contribution >= 0.6 is 54.5 Å². The van der Waals surface area contributed by atoms with Crippen molar-refractivity contribution in [2.24, 2.45) is 4.99 Å². The van der Waals surface area contributed by atoms with Crippen molar-refractivity contribution in [2.45, 2.75) is 19.9 Å². The third kappa shape index (κ3) is 4.16. The van der Waals surface area contributed by atoms with Crippen LogP contribution in [0.1, 0.15) is 30.3 Å². The molecule has 0 amide bonds. The standard InChI is InChI=1S/C22H18Br2N2O4S2/c1-4-30-21(28)17-11(2)25-22-26(18(17)15-6-5-7-31-15)20(27)16(32-22)10-12-8-13(23)19(29-3)14(24)9-12/h5-10,18H,4H2,1-3H3/b16-10-/t18-/m0/s1. The molecule has 0 aliphatic carbocycles. The molecule has 1 aliphatic rings. The highest BCUT2D eigenvalue weighted by Crippen LogP contribution is 2.35. The van der Waals surface area contributed by atoms with Crippen LogP contribution in [0.4, 0.5) is 0 Å². The predicted octanol–water partition coefficient (Wildman–Crippen LogP) is 4.39. The average molecular weight is 598 g/mol. The van der Waals surface area contributed by atoms with Gasteiger partial charge >= 0.3 is 5.97 Å². The lowest BCUT2D eigenvalue weighted by Gasteiger charge is -2.23. The smallest absolute Gasteiger partial charge is 0.338 e. The van der Waals surface area contributed by atoms with Crippen LogP contribution in [-0.2, 0) is 9.53 Å². The largest absolute Gasteiger partial charge is 0.494 e. The number of rotatable bonds is 5. The van der Waals surface area contributed by atoms with Crippen LogP contribution in [0.5, 0.6) is 5.75 Å². The van der Waals surface area contributed by atoms with E-state index in [4.69, 9.17) is 9.47 Å². The first kappa shape index (κ1) is 23.2. The number of thiophene rings is 1. The summed E-state index contributed by atoms with van der Waals surface area (Å²) in [5, 5.41) is 1.93. The molecule has 0 unspecified atom stereocenters. The van der Waals surface area contributed by atoms with E-state index >= 15 is 0 Å². The SMILES string of the molecule is CCOC(=O)C1=C(C)N=c2s/c(=C\c3cc(Br)c(OC)c(Br)c3)c(=O)n2[C@H]1c1cccs1. The highest BCUT2D eigenvalue weighted by molar-refractivity contribution is 9.11. The third-order valence-electron chi connectivity index (χ3n) is 4.85. The number of halogens is 2. The average Bonchev–Trinajstić information content (AvgIpc) is 3.36. The molecule has 3 heterocycles. The Balaban J connectivity index is 1.92. The van der Waals surface area contributed by atoms with Crippen LogP contribution in [0.2, 0.25) is 0 Å². The van der Waals surface area contributed by atoms with Crippen LogP contribution in [0.15, 0.2) is 59.6 Å². The molecule has 32 heavy (non-hydrogen) atoms. The molecule has 1 atom stereocenters. The molecule has 0 radical (unpaired) electrons. The number of hydrogen-bond acceptors (Lipinski definition) is 7. The third-order valence-corrected chi connectivity index (χ3v) is 7.94. The van der Waals surface area contributed by atoms with E-state index in [9.17, 15) is 9.59 Å². The normalized spacial score (nSPS) is 16.0. The van der Waals surface area contributed by atoms with Crippen LogP contribution in [0, 0.1) is 0 Å². The number of thiazole rings is 1. The van der Waals surface area contributed by atoms with Crippen LogP contribution in [-0.4, -0.2) is 24.3 Å². The van der Waals surface area contributed by atoms with Gasteiger partial charge in [-0.25, -0.2) is 9.79 Å². The number of hydrogen-bond donors (Lipinski definition) is 0. The van der Waals surface area contributed by atoms with E-state index < -0.39 is 12.0 Å². The summed E-state index contributed by atoms with van der Waals surface area (Å²) in [7, 11) is 1.59. The maximum absolute atomic E-state index is 13.5. The summed E-state index contributed by atoms with van der Waals surface area (Å²) in [6, 6.07) is 7.02. The number of carbonyl (C=O) groups excluding carboxylic acids is 1. The van der Waals surface area contributed by atoms with Gasteiger partial charge in [-0.05, 0) is 80.9 Å². The minimum Gasteiger partial charge on any atom is -0.494 e. The summed E-state index contributed by atoms with van der Waals surface area (Å²) in [4.78, 5) is 32.3. The maximum atomic E-state index is 13.5. The Morgan fingerprint density at radius 1 is 1.31 bits per heavy atom. The molecule has 10 heteroatoms. The molecule has 2 aromatic heterocycles. The molecule has 0 bridgehead atoms. The maximum Gasteiger partial charge on any atom is 0.338 e. The van der Waals surface area contributed by atoms with Crippen LogP contribution < -0.4 is 19.6 Å². The molecule has 0 fully saturated rings. The molecule has 0 N–H and O–H groups in total. The second-order valence-electron chi connectivity index (χ2n) is 6.84. The van der Waals surface area contributed by atoms with E-state index in [1.54, 1.807) is 25.5 Å². The molecule has 0 saturated heterocycles. The number of methoxy groups -OCH3 is 1. The Labute approximate surface area is 208 Å². The molecular weight excluding hydrogens is 580 g/mol. The van der Waals surface area contributed by atoms with Gasteiger partial charge in [-0.2, -0.15) is 0 Å².